The Kier molecular flexibility index (Phi) is 1.85. The van der Waals surface area contributed by atoms with E-state index in [9.17, 15) is 9.18 Å². The second kappa shape index (κ2) is 3.04. The molecule has 0 spiro atoms. The van der Waals surface area contributed by atoms with Crippen molar-refractivity contribution in [3.63, 3.8) is 0 Å². The maximum atomic E-state index is 13.8. The summed E-state index contributed by atoms with van der Waals surface area (Å²) in [6.07, 6.45) is 1.62. The number of hydrogen-bond acceptors (Lipinski definition) is 2. The highest BCUT2D eigenvalue weighted by Gasteiger charge is 2.28. The largest absolute Gasteiger partial charge is 0.320 e. The molecule has 2 aromatic rings. The topological polar surface area (TPSA) is 46.9 Å². The highest BCUT2D eigenvalue weighted by Crippen LogP contribution is 2.36. The number of carbonyl (C=O) groups is 1. The summed E-state index contributed by atoms with van der Waals surface area (Å²) in [6, 6.07) is 1.24. The van der Waals surface area contributed by atoms with Crippen LogP contribution in [0.4, 0.5) is 10.1 Å². The lowest BCUT2D eigenvalue weighted by atomic mass is 10.1. The minimum atomic E-state index is -0.463. The molecule has 1 atom stereocenters. The zero-order valence-electron chi connectivity index (χ0n) is 8.29. The predicted molar refractivity (Wildman–Crippen MR) is 60.7 cm³/mol. The van der Waals surface area contributed by atoms with Crippen LogP contribution in [0.3, 0.4) is 0 Å². The third-order valence-corrected chi connectivity index (χ3v) is 3.34. The summed E-state index contributed by atoms with van der Waals surface area (Å²) in [5, 5.41) is 7.47. The number of halogens is 2. The summed E-state index contributed by atoms with van der Waals surface area (Å²) < 4.78 is 15.7. The van der Waals surface area contributed by atoms with Crippen molar-refractivity contribution in [2.75, 3.05) is 5.32 Å². The predicted octanol–water partition coefficient (Wildman–Crippen LogP) is 2.45. The van der Waals surface area contributed by atoms with Crippen LogP contribution < -0.4 is 5.32 Å². The van der Waals surface area contributed by atoms with Crippen LogP contribution in [0.1, 0.15) is 13.0 Å². The molecule has 4 nitrogen and oxygen atoms in total. The van der Waals surface area contributed by atoms with E-state index in [2.05, 4.69) is 26.3 Å². The van der Waals surface area contributed by atoms with Crippen molar-refractivity contribution in [3.05, 3.63) is 22.6 Å². The van der Waals surface area contributed by atoms with Gasteiger partial charge in [-0.2, -0.15) is 5.10 Å². The van der Waals surface area contributed by atoms with Crippen molar-refractivity contribution in [2.45, 2.75) is 13.0 Å². The Morgan fingerprint density at radius 2 is 2.38 bits per heavy atom. The van der Waals surface area contributed by atoms with Crippen molar-refractivity contribution in [3.8, 4) is 0 Å². The van der Waals surface area contributed by atoms with E-state index in [1.165, 1.54) is 0 Å². The van der Waals surface area contributed by atoms with Crippen LogP contribution >= 0.6 is 15.9 Å². The standard InChI is InChI=1S/C10H7BrFN3O/c1-4-10(16)14-8-7(12)6(11)2-5-3-13-15(4)9(5)8/h2-4H,1H3,(H,14,16)/t4-/m1/s1. The van der Waals surface area contributed by atoms with Gasteiger partial charge in [-0.3, -0.25) is 9.48 Å². The first-order valence-electron chi connectivity index (χ1n) is 4.75. The summed E-state index contributed by atoms with van der Waals surface area (Å²) in [5.41, 5.74) is 0.831. The molecule has 0 saturated heterocycles. The number of rotatable bonds is 0. The SMILES string of the molecule is C[C@@H]1C(=O)Nc2c(F)c(Br)cc3cnn1c23. The fourth-order valence-corrected chi connectivity index (χ4v) is 2.35. The molecule has 1 aromatic carbocycles. The number of nitrogens with one attached hydrogen (secondary N) is 1. The van der Waals surface area contributed by atoms with E-state index in [1.54, 1.807) is 23.9 Å². The van der Waals surface area contributed by atoms with E-state index in [1.807, 2.05) is 0 Å². The van der Waals surface area contributed by atoms with Gasteiger partial charge in [0.15, 0.2) is 5.82 Å². The lowest BCUT2D eigenvalue weighted by Crippen LogP contribution is -2.29. The molecule has 0 bridgehead atoms. The zero-order valence-corrected chi connectivity index (χ0v) is 9.88. The van der Waals surface area contributed by atoms with Gasteiger partial charge in [0, 0.05) is 5.39 Å². The second-order valence-corrected chi connectivity index (χ2v) is 4.59. The van der Waals surface area contributed by atoms with Crippen LogP contribution in [0.5, 0.6) is 0 Å². The van der Waals surface area contributed by atoms with Gasteiger partial charge in [0.2, 0.25) is 5.91 Å². The van der Waals surface area contributed by atoms with Gasteiger partial charge in [0.25, 0.3) is 0 Å². The monoisotopic (exact) mass is 283 g/mol. The molecule has 0 saturated carbocycles. The molecule has 0 aliphatic carbocycles. The summed E-state index contributed by atoms with van der Waals surface area (Å²) in [7, 11) is 0. The molecular formula is C10H7BrFN3O. The van der Waals surface area contributed by atoms with E-state index >= 15 is 0 Å². The normalized spacial score (nSPS) is 18.9. The Balaban J connectivity index is 2.47. The lowest BCUT2D eigenvalue weighted by Gasteiger charge is -2.21. The number of hydrogen-bond donors (Lipinski definition) is 1. The van der Waals surface area contributed by atoms with E-state index < -0.39 is 11.9 Å². The quantitative estimate of drug-likeness (QED) is 0.807. The van der Waals surface area contributed by atoms with Crippen molar-refractivity contribution >= 4 is 38.4 Å². The maximum Gasteiger partial charge on any atom is 0.249 e. The number of carbonyl (C=O) groups excluding carboxylic acids is 1. The van der Waals surface area contributed by atoms with Gasteiger partial charge in [0.1, 0.15) is 11.7 Å². The van der Waals surface area contributed by atoms with Crippen LogP contribution in [0, 0.1) is 5.82 Å². The minimum Gasteiger partial charge on any atom is -0.320 e. The molecule has 0 unspecified atom stereocenters. The summed E-state index contributed by atoms with van der Waals surface area (Å²) in [6.45, 7) is 1.73. The Morgan fingerprint density at radius 3 is 3.12 bits per heavy atom. The van der Waals surface area contributed by atoms with Crippen LogP contribution in [0.25, 0.3) is 10.9 Å². The van der Waals surface area contributed by atoms with Gasteiger partial charge in [-0.25, -0.2) is 4.39 Å². The van der Waals surface area contributed by atoms with E-state index in [4.69, 9.17) is 0 Å². The average molecular weight is 284 g/mol. The van der Waals surface area contributed by atoms with Crippen molar-refractivity contribution < 1.29 is 9.18 Å². The Labute approximate surface area is 98.6 Å². The van der Waals surface area contributed by atoms with E-state index in [0.717, 1.165) is 5.39 Å². The third kappa shape index (κ3) is 1.07. The number of benzene rings is 1. The average Bonchev–Trinajstić information content (AvgIpc) is 2.66. The van der Waals surface area contributed by atoms with Crippen LogP contribution in [-0.2, 0) is 4.79 Å². The molecule has 1 N–H and O–H groups in total. The molecule has 82 valence electrons. The number of aromatic nitrogens is 2. The highest BCUT2D eigenvalue weighted by atomic mass is 79.9. The van der Waals surface area contributed by atoms with Gasteiger partial charge in [-0.15, -0.1) is 0 Å². The van der Waals surface area contributed by atoms with Crippen molar-refractivity contribution in [2.24, 2.45) is 0 Å². The van der Waals surface area contributed by atoms with E-state index in [-0.39, 0.29) is 11.6 Å². The van der Waals surface area contributed by atoms with Crippen molar-refractivity contribution in [1.82, 2.24) is 9.78 Å². The molecule has 6 heteroatoms. The molecule has 0 fully saturated rings. The van der Waals surface area contributed by atoms with E-state index in [0.29, 0.717) is 9.99 Å². The number of anilines is 1. The third-order valence-electron chi connectivity index (χ3n) is 2.77. The molecule has 16 heavy (non-hydrogen) atoms. The van der Waals surface area contributed by atoms with Gasteiger partial charge in [-0.1, -0.05) is 0 Å². The Hall–Kier alpha value is -1.43. The molecule has 3 rings (SSSR count). The van der Waals surface area contributed by atoms with Gasteiger partial charge in [-0.05, 0) is 28.9 Å². The fraction of sp³-hybridized carbons (Fsp3) is 0.200. The smallest absolute Gasteiger partial charge is 0.249 e. The Bertz CT molecular complexity index is 622. The number of nitrogens with zero attached hydrogens (tertiary/aromatic N) is 2. The summed E-state index contributed by atoms with van der Waals surface area (Å²) >= 11 is 3.11. The molecule has 1 aliphatic rings. The summed E-state index contributed by atoms with van der Waals surface area (Å²) in [4.78, 5) is 11.6. The molecule has 1 aliphatic heterocycles. The highest BCUT2D eigenvalue weighted by molar-refractivity contribution is 9.10. The molecule has 1 amide bonds. The van der Waals surface area contributed by atoms with Crippen LogP contribution in [-0.4, -0.2) is 15.7 Å². The van der Waals surface area contributed by atoms with Crippen LogP contribution in [0.15, 0.2) is 16.7 Å². The van der Waals surface area contributed by atoms with Gasteiger partial charge >= 0.3 is 0 Å². The zero-order chi connectivity index (χ0) is 11.4. The van der Waals surface area contributed by atoms with Crippen LogP contribution in [0.2, 0.25) is 0 Å². The first-order chi connectivity index (χ1) is 7.59. The molecule has 2 heterocycles. The van der Waals surface area contributed by atoms with Gasteiger partial charge in [0.05, 0.1) is 16.2 Å². The van der Waals surface area contributed by atoms with Crippen molar-refractivity contribution in [1.29, 1.82) is 0 Å². The first-order valence-corrected chi connectivity index (χ1v) is 5.55. The van der Waals surface area contributed by atoms with Gasteiger partial charge < -0.3 is 5.32 Å². The fourth-order valence-electron chi connectivity index (χ4n) is 1.91. The molecular weight excluding hydrogens is 277 g/mol. The lowest BCUT2D eigenvalue weighted by molar-refractivity contribution is -0.119. The number of amides is 1. The first kappa shape index (κ1) is 9.77. The minimum absolute atomic E-state index is 0.199. The summed E-state index contributed by atoms with van der Waals surface area (Å²) in [5.74, 6) is -0.719. The maximum absolute atomic E-state index is 13.8. The Morgan fingerprint density at radius 1 is 1.62 bits per heavy atom. The molecule has 0 radical (unpaired) electrons. The molecule has 1 aromatic heterocycles. The second-order valence-electron chi connectivity index (χ2n) is 3.74.